The highest BCUT2D eigenvalue weighted by atomic mass is 16.6. The predicted octanol–water partition coefficient (Wildman–Crippen LogP) is -0.183. The quantitative estimate of drug-likeness (QED) is 0.199. The van der Waals surface area contributed by atoms with Crippen LogP contribution in [0.3, 0.4) is 0 Å². The molecule has 0 aromatic rings. The van der Waals surface area contributed by atoms with Crippen LogP contribution in [0.5, 0.6) is 0 Å². The van der Waals surface area contributed by atoms with Crippen molar-refractivity contribution < 1.29 is 28.5 Å². The number of hydrogen-bond donors (Lipinski definition) is 3. The van der Waals surface area contributed by atoms with E-state index in [-0.39, 0.29) is 12.5 Å². The van der Waals surface area contributed by atoms with Gasteiger partial charge in [-0.3, -0.25) is 10.2 Å². The van der Waals surface area contributed by atoms with E-state index >= 15 is 0 Å². The van der Waals surface area contributed by atoms with Gasteiger partial charge in [-0.2, -0.15) is 0 Å². The minimum Gasteiger partial charge on any atom is -0.446 e. The maximum atomic E-state index is 11.4. The summed E-state index contributed by atoms with van der Waals surface area (Å²) in [6, 6.07) is 0. The summed E-state index contributed by atoms with van der Waals surface area (Å²) in [5.74, 6) is 2.48. The van der Waals surface area contributed by atoms with Crippen molar-refractivity contribution in [2.45, 2.75) is 19.3 Å². The molecule has 0 unspecified atom stereocenters. The smallest absolute Gasteiger partial charge is 0.421 e. The zero-order valence-electron chi connectivity index (χ0n) is 14.8. The van der Waals surface area contributed by atoms with Crippen molar-refractivity contribution in [2.24, 2.45) is 0 Å². The van der Waals surface area contributed by atoms with E-state index in [0.717, 1.165) is 0 Å². The topological polar surface area (TPSA) is 107 Å². The lowest BCUT2D eigenvalue weighted by Gasteiger charge is -2.08. The zero-order chi connectivity index (χ0) is 18.6. The average molecular weight is 359 g/mol. The van der Waals surface area contributed by atoms with Crippen LogP contribution in [0.1, 0.15) is 19.3 Å². The fourth-order valence-electron chi connectivity index (χ4n) is 1.58. The van der Waals surface area contributed by atoms with Gasteiger partial charge in [-0.15, -0.1) is 12.3 Å². The minimum absolute atomic E-state index is 0.0142. The van der Waals surface area contributed by atoms with E-state index in [1.807, 2.05) is 0 Å². The van der Waals surface area contributed by atoms with Gasteiger partial charge < -0.3 is 24.3 Å². The van der Waals surface area contributed by atoms with Gasteiger partial charge in [0.2, 0.25) is 5.91 Å². The van der Waals surface area contributed by atoms with Gasteiger partial charge in [-0.1, -0.05) is 0 Å². The molecule has 0 fully saturated rings. The molecule has 25 heavy (non-hydrogen) atoms. The number of rotatable bonds is 16. The molecule has 0 radical (unpaired) electrons. The van der Waals surface area contributed by atoms with Crippen LogP contribution >= 0.6 is 0 Å². The van der Waals surface area contributed by atoms with E-state index in [1.165, 1.54) is 0 Å². The molecule has 0 aliphatic heterocycles. The lowest BCUT2D eigenvalue weighted by Crippen LogP contribution is -2.35. The van der Waals surface area contributed by atoms with Gasteiger partial charge in [-0.05, 0) is 6.42 Å². The SMILES string of the molecule is C#CCCCC(=O)NCCOCCOCCOCCOC(=O)NNC. The Morgan fingerprint density at radius 1 is 0.960 bits per heavy atom. The maximum Gasteiger partial charge on any atom is 0.421 e. The molecule has 0 rings (SSSR count). The Labute approximate surface area is 149 Å². The first-order chi connectivity index (χ1) is 12.2. The second kappa shape index (κ2) is 18.5. The monoisotopic (exact) mass is 359 g/mol. The van der Waals surface area contributed by atoms with Gasteiger partial charge in [-0.25, -0.2) is 10.2 Å². The van der Waals surface area contributed by atoms with E-state index in [2.05, 4.69) is 22.1 Å². The van der Waals surface area contributed by atoms with Gasteiger partial charge in [0.05, 0.1) is 39.6 Å². The van der Waals surface area contributed by atoms with Gasteiger partial charge in [0.1, 0.15) is 6.61 Å². The minimum atomic E-state index is -0.553. The lowest BCUT2D eigenvalue weighted by molar-refractivity contribution is -0.121. The maximum absolute atomic E-state index is 11.4. The highest BCUT2D eigenvalue weighted by Gasteiger charge is 2.00. The lowest BCUT2D eigenvalue weighted by atomic mass is 10.2. The first-order valence-electron chi connectivity index (χ1n) is 8.23. The number of amides is 2. The Hall–Kier alpha value is -1.86. The standard InChI is InChI=1S/C16H29N3O6/c1-3-4-5-6-15(20)18-7-8-22-9-10-23-11-12-24-13-14-25-16(21)19-17-2/h1,17H,4-14H2,2H3,(H,18,20)(H,19,21). The van der Waals surface area contributed by atoms with Crippen LogP contribution in [0.25, 0.3) is 0 Å². The van der Waals surface area contributed by atoms with Crippen LogP contribution < -0.4 is 16.2 Å². The first-order valence-corrected chi connectivity index (χ1v) is 8.23. The highest BCUT2D eigenvalue weighted by Crippen LogP contribution is 1.92. The van der Waals surface area contributed by atoms with Crippen LogP contribution in [0, 0.1) is 12.3 Å². The van der Waals surface area contributed by atoms with E-state index in [0.29, 0.717) is 65.4 Å². The van der Waals surface area contributed by atoms with Crippen LogP contribution in [-0.4, -0.2) is 71.8 Å². The van der Waals surface area contributed by atoms with Crippen LogP contribution in [0.4, 0.5) is 4.79 Å². The van der Waals surface area contributed by atoms with Crippen molar-refractivity contribution in [3.05, 3.63) is 0 Å². The van der Waals surface area contributed by atoms with E-state index in [4.69, 9.17) is 25.4 Å². The summed E-state index contributed by atoms with van der Waals surface area (Å²) in [7, 11) is 1.57. The highest BCUT2D eigenvalue weighted by molar-refractivity contribution is 5.75. The molecule has 0 saturated carbocycles. The van der Waals surface area contributed by atoms with Crippen LogP contribution in [0.2, 0.25) is 0 Å². The summed E-state index contributed by atoms with van der Waals surface area (Å²) >= 11 is 0. The van der Waals surface area contributed by atoms with Crippen molar-refractivity contribution in [3.63, 3.8) is 0 Å². The number of hydrazine groups is 1. The molecular formula is C16H29N3O6. The second-order valence-corrected chi connectivity index (χ2v) is 4.76. The summed E-state index contributed by atoms with van der Waals surface area (Å²) in [5.41, 5.74) is 4.72. The molecule has 0 aliphatic rings. The van der Waals surface area contributed by atoms with Crippen molar-refractivity contribution in [1.82, 2.24) is 16.2 Å². The molecule has 0 aromatic carbocycles. The molecule has 2 amide bonds. The number of nitrogens with one attached hydrogen (secondary N) is 3. The Morgan fingerprint density at radius 2 is 1.56 bits per heavy atom. The van der Waals surface area contributed by atoms with Gasteiger partial charge in [0.25, 0.3) is 0 Å². The molecule has 9 heteroatoms. The van der Waals surface area contributed by atoms with E-state index in [1.54, 1.807) is 7.05 Å². The summed E-state index contributed by atoms with van der Waals surface area (Å²) < 4.78 is 20.6. The third kappa shape index (κ3) is 18.3. The van der Waals surface area contributed by atoms with E-state index in [9.17, 15) is 9.59 Å². The second-order valence-electron chi connectivity index (χ2n) is 4.76. The average Bonchev–Trinajstić information content (AvgIpc) is 2.59. The molecule has 0 bridgehead atoms. The van der Waals surface area contributed by atoms with Crippen molar-refractivity contribution >= 4 is 12.0 Å². The summed E-state index contributed by atoms with van der Waals surface area (Å²) in [4.78, 5) is 22.3. The van der Waals surface area contributed by atoms with Crippen molar-refractivity contribution in [3.8, 4) is 12.3 Å². The molecule has 9 nitrogen and oxygen atoms in total. The van der Waals surface area contributed by atoms with Gasteiger partial charge >= 0.3 is 6.09 Å². The Morgan fingerprint density at radius 3 is 2.16 bits per heavy atom. The Balaban J connectivity index is 3.15. The Bertz CT molecular complexity index is 387. The zero-order valence-corrected chi connectivity index (χ0v) is 14.8. The number of carbonyl (C=O) groups is 2. The summed E-state index contributed by atoms with van der Waals surface area (Å²) in [5, 5.41) is 2.75. The number of unbranched alkanes of at least 4 members (excludes halogenated alkanes) is 1. The van der Waals surface area contributed by atoms with E-state index < -0.39 is 6.09 Å². The van der Waals surface area contributed by atoms with Crippen molar-refractivity contribution in [2.75, 3.05) is 59.8 Å². The number of carbonyl (C=O) groups excluding carboxylic acids is 2. The molecular weight excluding hydrogens is 330 g/mol. The number of hydrogen-bond acceptors (Lipinski definition) is 7. The normalized spacial score (nSPS) is 10.1. The fraction of sp³-hybridized carbons (Fsp3) is 0.750. The van der Waals surface area contributed by atoms with Crippen LogP contribution in [-0.2, 0) is 23.7 Å². The molecule has 144 valence electrons. The third-order valence-corrected chi connectivity index (χ3v) is 2.73. The van der Waals surface area contributed by atoms with Crippen LogP contribution in [0.15, 0.2) is 0 Å². The molecule has 0 spiro atoms. The molecule has 0 aliphatic carbocycles. The largest absolute Gasteiger partial charge is 0.446 e. The fourth-order valence-corrected chi connectivity index (χ4v) is 1.58. The van der Waals surface area contributed by atoms with Crippen molar-refractivity contribution in [1.29, 1.82) is 0 Å². The summed E-state index contributed by atoms with van der Waals surface area (Å²) in [6.45, 7) is 3.11. The Kier molecular flexibility index (Phi) is 17.1. The third-order valence-electron chi connectivity index (χ3n) is 2.73. The van der Waals surface area contributed by atoms with Gasteiger partial charge in [0, 0.05) is 26.4 Å². The number of terminal acetylenes is 1. The molecule has 3 N–H and O–H groups in total. The first kappa shape index (κ1) is 23.1. The molecule has 0 aromatic heterocycles. The predicted molar refractivity (Wildman–Crippen MR) is 91.7 cm³/mol. The molecule has 0 heterocycles. The molecule has 0 saturated heterocycles. The molecule has 0 atom stereocenters. The van der Waals surface area contributed by atoms with Gasteiger partial charge in [0.15, 0.2) is 0 Å². The number of ether oxygens (including phenoxy) is 4. The summed E-state index contributed by atoms with van der Waals surface area (Å²) in [6.07, 6.45) is 6.32.